The van der Waals surface area contributed by atoms with Gasteiger partial charge in [0.2, 0.25) is 6.79 Å². The fourth-order valence-corrected chi connectivity index (χ4v) is 2.27. The van der Waals surface area contributed by atoms with E-state index < -0.39 is 17.7 Å². The first-order chi connectivity index (χ1) is 12.0. The van der Waals surface area contributed by atoms with Crippen LogP contribution in [-0.4, -0.2) is 31.1 Å². The van der Waals surface area contributed by atoms with Crippen LogP contribution in [0.15, 0.2) is 39.4 Å². The van der Waals surface area contributed by atoms with Crippen LogP contribution < -0.4 is 25.6 Å². The number of rotatable bonds is 4. The Bertz CT molecular complexity index is 834. The van der Waals surface area contributed by atoms with E-state index >= 15 is 0 Å². The minimum Gasteiger partial charge on any atom is -0.454 e. The second-order valence-corrected chi connectivity index (χ2v) is 5.64. The second kappa shape index (κ2) is 7.26. The molecule has 0 saturated heterocycles. The Balaban J connectivity index is 1.45. The maximum absolute atomic E-state index is 12.0. The number of hydrogen-bond acceptors (Lipinski definition) is 6. The van der Waals surface area contributed by atoms with Crippen molar-refractivity contribution in [3.8, 4) is 11.5 Å². The summed E-state index contributed by atoms with van der Waals surface area (Å²) in [7, 11) is 0. The Kier molecular flexibility index (Phi) is 4.89. The highest BCUT2D eigenvalue weighted by atomic mass is 79.9. The average molecular weight is 410 g/mol. The highest BCUT2D eigenvalue weighted by Gasteiger charge is 2.17. The first-order valence-electron chi connectivity index (χ1n) is 7.05. The largest absolute Gasteiger partial charge is 0.454 e. The van der Waals surface area contributed by atoms with Gasteiger partial charge in [-0.1, -0.05) is 0 Å². The van der Waals surface area contributed by atoms with Gasteiger partial charge in [-0.2, -0.15) is 0 Å². The van der Waals surface area contributed by atoms with E-state index in [1.807, 2.05) is 0 Å². The zero-order valence-corrected chi connectivity index (χ0v) is 14.2. The third kappa shape index (κ3) is 4.10. The van der Waals surface area contributed by atoms with Gasteiger partial charge in [0.05, 0.1) is 6.54 Å². The fraction of sp³-hybridized carbons (Fsp3) is 0.133. The first-order valence-corrected chi connectivity index (χ1v) is 7.84. The monoisotopic (exact) mass is 409 g/mol. The molecule has 130 valence electrons. The molecule has 0 atom stereocenters. The topological polar surface area (TPSA) is 119 Å². The van der Waals surface area contributed by atoms with Gasteiger partial charge < -0.3 is 19.2 Å². The van der Waals surface area contributed by atoms with Gasteiger partial charge in [0.15, 0.2) is 21.9 Å². The minimum atomic E-state index is -0.604. The number of benzene rings is 1. The van der Waals surface area contributed by atoms with E-state index in [-0.39, 0.29) is 24.7 Å². The molecule has 2 aromatic rings. The van der Waals surface area contributed by atoms with E-state index in [2.05, 4.69) is 32.1 Å². The zero-order chi connectivity index (χ0) is 17.8. The molecule has 9 nitrogen and oxygen atoms in total. The molecule has 10 heteroatoms. The van der Waals surface area contributed by atoms with Crippen molar-refractivity contribution in [2.24, 2.45) is 0 Å². The van der Waals surface area contributed by atoms with Crippen molar-refractivity contribution in [1.82, 2.24) is 16.2 Å². The first kappa shape index (κ1) is 16.8. The number of carbonyl (C=O) groups excluding carboxylic acids is 3. The summed E-state index contributed by atoms with van der Waals surface area (Å²) in [6.07, 6.45) is 0. The van der Waals surface area contributed by atoms with Gasteiger partial charge >= 0.3 is 0 Å². The molecule has 0 fully saturated rings. The third-order valence-corrected chi connectivity index (χ3v) is 3.58. The van der Waals surface area contributed by atoms with Crippen LogP contribution in [0.25, 0.3) is 0 Å². The fourth-order valence-electron chi connectivity index (χ4n) is 1.96. The molecule has 0 saturated carbocycles. The lowest BCUT2D eigenvalue weighted by atomic mass is 10.2. The van der Waals surface area contributed by atoms with Gasteiger partial charge in [-0.15, -0.1) is 0 Å². The molecule has 2 heterocycles. The number of furan rings is 1. The zero-order valence-electron chi connectivity index (χ0n) is 12.6. The van der Waals surface area contributed by atoms with Crippen molar-refractivity contribution < 1.29 is 28.3 Å². The van der Waals surface area contributed by atoms with Crippen molar-refractivity contribution in [1.29, 1.82) is 0 Å². The lowest BCUT2D eigenvalue weighted by Gasteiger charge is -2.08. The van der Waals surface area contributed by atoms with Crippen LogP contribution in [0.3, 0.4) is 0 Å². The summed E-state index contributed by atoms with van der Waals surface area (Å²) in [5, 5.41) is 2.36. The molecule has 0 aliphatic carbocycles. The number of halogens is 1. The minimum absolute atomic E-state index is 0.0593. The molecule has 1 aliphatic rings. The molecule has 0 bridgehead atoms. The van der Waals surface area contributed by atoms with Crippen molar-refractivity contribution in [3.05, 3.63) is 46.3 Å². The molecule has 0 unspecified atom stereocenters. The van der Waals surface area contributed by atoms with E-state index in [0.29, 0.717) is 16.2 Å². The lowest BCUT2D eigenvalue weighted by molar-refractivity contribution is -0.120. The van der Waals surface area contributed by atoms with E-state index in [9.17, 15) is 14.4 Å². The Morgan fingerprint density at radius 2 is 1.80 bits per heavy atom. The molecule has 0 radical (unpaired) electrons. The molecule has 3 amide bonds. The Morgan fingerprint density at radius 1 is 1.00 bits per heavy atom. The van der Waals surface area contributed by atoms with Crippen LogP contribution in [0.4, 0.5) is 0 Å². The van der Waals surface area contributed by atoms with Crippen molar-refractivity contribution in [3.63, 3.8) is 0 Å². The molecule has 1 aromatic heterocycles. The summed E-state index contributed by atoms with van der Waals surface area (Å²) in [5.74, 6) is -0.628. The smallest absolute Gasteiger partial charge is 0.287 e. The third-order valence-electron chi connectivity index (χ3n) is 3.16. The van der Waals surface area contributed by atoms with Gasteiger partial charge in [0, 0.05) is 5.56 Å². The maximum atomic E-state index is 12.0. The lowest BCUT2D eigenvalue weighted by Crippen LogP contribution is -2.46. The summed E-state index contributed by atoms with van der Waals surface area (Å²) in [6.45, 7) is -0.234. The van der Waals surface area contributed by atoms with Crippen molar-refractivity contribution in [2.45, 2.75) is 0 Å². The SMILES string of the molecule is O=C(CNC(=O)c1ccc(Br)o1)NNC(=O)c1ccc2c(c1)OCO2. The maximum Gasteiger partial charge on any atom is 0.287 e. The summed E-state index contributed by atoms with van der Waals surface area (Å²) < 4.78 is 15.8. The molecule has 1 aliphatic heterocycles. The molecule has 3 N–H and O–H groups in total. The van der Waals surface area contributed by atoms with Gasteiger partial charge in [-0.3, -0.25) is 25.2 Å². The van der Waals surface area contributed by atoms with E-state index in [0.717, 1.165) is 0 Å². The van der Waals surface area contributed by atoms with Crippen LogP contribution in [-0.2, 0) is 4.79 Å². The normalized spacial score (nSPS) is 11.7. The molecular weight excluding hydrogens is 398 g/mol. The molecule has 1 aromatic carbocycles. The molecular formula is C15H12BrN3O6. The number of carbonyl (C=O) groups is 3. The summed E-state index contributed by atoms with van der Waals surface area (Å²) in [5.41, 5.74) is 4.72. The highest BCUT2D eigenvalue weighted by Crippen LogP contribution is 2.32. The van der Waals surface area contributed by atoms with E-state index in [1.165, 1.54) is 18.2 Å². The Hall–Kier alpha value is -3.01. The number of amides is 3. The van der Waals surface area contributed by atoms with Crippen molar-refractivity contribution in [2.75, 3.05) is 13.3 Å². The second-order valence-electron chi connectivity index (χ2n) is 4.86. The number of fused-ring (bicyclic) bond motifs is 1. The van der Waals surface area contributed by atoms with Gasteiger partial charge in [0.1, 0.15) is 0 Å². The Morgan fingerprint density at radius 3 is 2.56 bits per heavy atom. The number of hydrogen-bond donors (Lipinski definition) is 3. The number of ether oxygens (including phenoxy) is 2. The summed E-state index contributed by atoms with van der Waals surface area (Å²) >= 11 is 3.07. The van der Waals surface area contributed by atoms with Crippen molar-refractivity contribution >= 4 is 33.7 Å². The van der Waals surface area contributed by atoms with Crippen LogP contribution in [0.2, 0.25) is 0 Å². The van der Waals surface area contributed by atoms with Gasteiger partial charge in [0.25, 0.3) is 17.7 Å². The van der Waals surface area contributed by atoms with E-state index in [4.69, 9.17) is 13.9 Å². The number of nitrogens with one attached hydrogen (secondary N) is 3. The highest BCUT2D eigenvalue weighted by molar-refractivity contribution is 9.10. The average Bonchev–Trinajstić information content (AvgIpc) is 3.25. The van der Waals surface area contributed by atoms with Crippen LogP contribution >= 0.6 is 15.9 Å². The van der Waals surface area contributed by atoms with Gasteiger partial charge in [-0.05, 0) is 46.3 Å². The van der Waals surface area contributed by atoms with Crippen LogP contribution in [0.1, 0.15) is 20.9 Å². The predicted molar refractivity (Wildman–Crippen MR) is 86.9 cm³/mol. The summed E-state index contributed by atoms with van der Waals surface area (Å²) in [4.78, 5) is 35.4. The quantitative estimate of drug-likeness (QED) is 0.647. The Labute approximate surface area is 149 Å². The summed E-state index contributed by atoms with van der Waals surface area (Å²) in [6, 6.07) is 7.64. The van der Waals surface area contributed by atoms with Crippen LogP contribution in [0.5, 0.6) is 11.5 Å². The van der Waals surface area contributed by atoms with Gasteiger partial charge in [-0.25, -0.2) is 0 Å². The molecule has 25 heavy (non-hydrogen) atoms. The molecule has 0 spiro atoms. The van der Waals surface area contributed by atoms with E-state index in [1.54, 1.807) is 12.1 Å². The predicted octanol–water partition coefficient (Wildman–Crippen LogP) is 0.962. The standard InChI is InChI=1S/C15H12BrN3O6/c16-12-4-3-10(25-12)15(22)17-6-13(20)18-19-14(21)8-1-2-9-11(5-8)24-7-23-9/h1-5H,6-7H2,(H,17,22)(H,18,20)(H,19,21). The van der Waals surface area contributed by atoms with Crippen LogP contribution in [0, 0.1) is 0 Å². The number of hydrazine groups is 1. The molecule has 3 rings (SSSR count).